The van der Waals surface area contributed by atoms with Crippen molar-refractivity contribution in [2.24, 2.45) is 0 Å². The van der Waals surface area contributed by atoms with Gasteiger partial charge in [0.2, 0.25) is 0 Å². The number of alkyl halides is 1. The first kappa shape index (κ1) is 11.3. The molecule has 15 heavy (non-hydrogen) atoms. The van der Waals surface area contributed by atoms with E-state index in [0.717, 1.165) is 12.1 Å². The molecule has 1 aromatic carbocycles. The van der Waals surface area contributed by atoms with Gasteiger partial charge in [-0.05, 0) is 12.1 Å². The predicted molar refractivity (Wildman–Crippen MR) is 51.6 cm³/mol. The van der Waals surface area contributed by atoms with Crippen LogP contribution in [0, 0.1) is 17.1 Å². The summed E-state index contributed by atoms with van der Waals surface area (Å²) < 4.78 is 13.1. The highest BCUT2D eigenvalue weighted by Gasteiger charge is 2.17. The summed E-state index contributed by atoms with van der Waals surface area (Å²) in [6.45, 7) is 0. The van der Waals surface area contributed by atoms with Crippen molar-refractivity contribution in [1.29, 1.82) is 5.26 Å². The summed E-state index contributed by atoms with van der Waals surface area (Å²) in [5.74, 6) is -1.66. The van der Waals surface area contributed by atoms with Gasteiger partial charge in [-0.3, -0.25) is 9.59 Å². The van der Waals surface area contributed by atoms with Crippen LogP contribution >= 0.6 is 11.6 Å². The normalized spacial score (nSPS) is 9.40. The van der Waals surface area contributed by atoms with Crippen molar-refractivity contribution >= 4 is 23.7 Å². The Morgan fingerprint density at radius 1 is 1.60 bits per heavy atom. The lowest BCUT2D eigenvalue weighted by Gasteiger charge is -2.03. The lowest BCUT2D eigenvalue weighted by molar-refractivity contribution is 0.102. The van der Waals surface area contributed by atoms with E-state index in [1.807, 2.05) is 0 Å². The topological polar surface area (TPSA) is 57.9 Å². The summed E-state index contributed by atoms with van der Waals surface area (Å²) in [4.78, 5) is 21.8. The van der Waals surface area contributed by atoms with E-state index in [4.69, 9.17) is 16.9 Å². The van der Waals surface area contributed by atoms with Crippen molar-refractivity contribution in [3.63, 3.8) is 0 Å². The van der Waals surface area contributed by atoms with Gasteiger partial charge in [-0.1, -0.05) is 0 Å². The number of nitriles is 1. The number of rotatable bonds is 3. The van der Waals surface area contributed by atoms with Gasteiger partial charge in [0.05, 0.1) is 17.0 Å². The molecule has 0 bridgehead atoms. The molecule has 0 amide bonds. The van der Waals surface area contributed by atoms with Crippen LogP contribution in [0.4, 0.5) is 4.39 Å². The zero-order valence-electron chi connectivity index (χ0n) is 7.46. The highest BCUT2D eigenvalue weighted by atomic mass is 35.5. The molecule has 0 radical (unpaired) electrons. The van der Waals surface area contributed by atoms with Crippen LogP contribution in [0.2, 0.25) is 0 Å². The molecule has 0 fully saturated rings. The third-order valence-electron chi connectivity index (χ3n) is 1.84. The molecule has 0 aliphatic heterocycles. The maximum Gasteiger partial charge on any atom is 0.178 e. The first-order valence-corrected chi connectivity index (χ1v) is 4.46. The Balaban J connectivity index is 3.50. The molecular weight excluding hydrogens is 221 g/mol. The fraction of sp³-hybridized carbons (Fsp3) is 0.100. The molecule has 3 nitrogen and oxygen atoms in total. The number of ketones is 1. The van der Waals surface area contributed by atoms with E-state index in [2.05, 4.69) is 0 Å². The molecule has 0 spiro atoms. The second kappa shape index (κ2) is 4.67. The van der Waals surface area contributed by atoms with Crippen LogP contribution in [-0.4, -0.2) is 17.9 Å². The summed E-state index contributed by atoms with van der Waals surface area (Å²) in [5.41, 5.74) is -0.708. The molecule has 0 saturated heterocycles. The number of benzene rings is 1. The van der Waals surface area contributed by atoms with Gasteiger partial charge < -0.3 is 0 Å². The zero-order chi connectivity index (χ0) is 11.4. The Hall–Kier alpha value is -1.73. The van der Waals surface area contributed by atoms with Crippen molar-refractivity contribution in [3.05, 3.63) is 34.6 Å². The van der Waals surface area contributed by atoms with Gasteiger partial charge in [0.15, 0.2) is 12.1 Å². The number of nitrogens with zero attached hydrogens (tertiary/aromatic N) is 1. The summed E-state index contributed by atoms with van der Waals surface area (Å²) in [6, 6.07) is 3.73. The van der Waals surface area contributed by atoms with Gasteiger partial charge in [0.25, 0.3) is 0 Å². The smallest absolute Gasteiger partial charge is 0.178 e. The molecular formula is C10H5ClFNO2. The van der Waals surface area contributed by atoms with Gasteiger partial charge in [-0.2, -0.15) is 5.26 Å². The molecule has 0 aliphatic carbocycles. The van der Waals surface area contributed by atoms with Crippen LogP contribution in [0.1, 0.15) is 26.3 Å². The van der Waals surface area contributed by atoms with Crippen molar-refractivity contribution in [3.8, 4) is 6.07 Å². The number of carbonyl (C=O) groups excluding carboxylic acids is 2. The number of hydrogen-bond acceptors (Lipinski definition) is 3. The minimum atomic E-state index is -0.826. The Bertz CT molecular complexity index is 465. The number of carbonyl (C=O) groups is 2. The van der Waals surface area contributed by atoms with E-state index in [0.29, 0.717) is 0 Å². The fourth-order valence-electron chi connectivity index (χ4n) is 1.13. The third-order valence-corrected chi connectivity index (χ3v) is 2.09. The second-order valence-electron chi connectivity index (χ2n) is 2.67. The van der Waals surface area contributed by atoms with Crippen LogP contribution in [0.25, 0.3) is 0 Å². The predicted octanol–water partition coefficient (Wildman–Crippen LogP) is 1.93. The Labute approximate surface area is 90.1 Å². The second-order valence-corrected chi connectivity index (χ2v) is 2.94. The van der Waals surface area contributed by atoms with E-state index in [1.165, 1.54) is 0 Å². The Morgan fingerprint density at radius 3 is 2.73 bits per heavy atom. The highest BCUT2D eigenvalue weighted by Crippen LogP contribution is 2.17. The van der Waals surface area contributed by atoms with Crippen LogP contribution in [-0.2, 0) is 0 Å². The molecule has 5 heteroatoms. The molecule has 0 N–H and O–H groups in total. The summed E-state index contributed by atoms with van der Waals surface area (Å²) in [6.07, 6.45) is 0.207. The van der Waals surface area contributed by atoms with Gasteiger partial charge >= 0.3 is 0 Å². The molecule has 1 aromatic rings. The molecule has 0 heterocycles. The quantitative estimate of drug-likeness (QED) is 0.449. The fourth-order valence-corrected chi connectivity index (χ4v) is 1.28. The van der Waals surface area contributed by atoms with E-state index in [9.17, 15) is 14.0 Å². The van der Waals surface area contributed by atoms with E-state index < -0.39 is 17.2 Å². The van der Waals surface area contributed by atoms with Crippen LogP contribution < -0.4 is 0 Å². The molecule has 0 aliphatic rings. The van der Waals surface area contributed by atoms with Crippen molar-refractivity contribution < 1.29 is 14.0 Å². The number of halogens is 2. The summed E-state index contributed by atoms with van der Waals surface area (Å²) >= 11 is 5.31. The van der Waals surface area contributed by atoms with Crippen molar-refractivity contribution in [2.45, 2.75) is 0 Å². The average Bonchev–Trinajstić information content (AvgIpc) is 2.27. The average molecular weight is 226 g/mol. The van der Waals surface area contributed by atoms with E-state index in [1.54, 1.807) is 6.07 Å². The molecule has 0 aromatic heterocycles. The minimum absolute atomic E-state index is 0.0315. The number of Topliss-reactive ketones (excluding diaryl/α,β-unsaturated/α-hetero) is 1. The van der Waals surface area contributed by atoms with Crippen molar-refractivity contribution in [2.75, 3.05) is 5.88 Å². The monoisotopic (exact) mass is 225 g/mol. The van der Waals surface area contributed by atoms with Gasteiger partial charge in [0.1, 0.15) is 11.9 Å². The Morgan fingerprint density at radius 2 is 2.27 bits per heavy atom. The Kier molecular flexibility index (Phi) is 3.53. The lowest BCUT2D eigenvalue weighted by atomic mass is 10.00. The number of aldehydes is 1. The summed E-state index contributed by atoms with van der Waals surface area (Å²) in [5, 5.41) is 8.73. The van der Waals surface area contributed by atoms with Crippen molar-refractivity contribution in [1.82, 2.24) is 0 Å². The van der Waals surface area contributed by atoms with E-state index >= 15 is 0 Å². The molecule has 0 unspecified atom stereocenters. The van der Waals surface area contributed by atoms with Crippen LogP contribution in [0.5, 0.6) is 0 Å². The lowest BCUT2D eigenvalue weighted by Crippen LogP contribution is -2.07. The molecule has 76 valence electrons. The van der Waals surface area contributed by atoms with E-state index in [-0.39, 0.29) is 23.3 Å². The number of hydrogen-bond donors (Lipinski definition) is 0. The third kappa shape index (κ3) is 2.03. The highest BCUT2D eigenvalue weighted by molar-refractivity contribution is 6.30. The largest absolute Gasteiger partial charge is 0.298 e. The first-order chi connectivity index (χ1) is 7.15. The molecule has 0 saturated carbocycles. The summed E-state index contributed by atoms with van der Waals surface area (Å²) in [7, 11) is 0. The zero-order valence-corrected chi connectivity index (χ0v) is 8.21. The minimum Gasteiger partial charge on any atom is -0.298 e. The van der Waals surface area contributed by atoms with Crippen LogP contribution in [0.3, 0.4) is 0 Å². The van der Waals surface area contributed by atoms with Crippen LogP contribution in [0.15, 0.2) is 12.1 Å². The maximum absolute atomic E-state index is 13.1. The first-order valence-electron chi connectivity index (χ1n) is 3.92. The maximum atomic E-state index is 13.1. The van der Waals surface area contributed by atoms with Gasteiger partial charge in [-0.25, -0.2) is 4.39 Å². The SMILES string of the molecule is N#Cc1c(C(=O)CCl)ccc(F)c1C=O. The molecule has 1 rings (SSSR count). The molecule has 0 atom stereocenters. The standard InChI is InChI=1S/C10H5ClFNO2/c11-3-10(15)6-1-2-9(12)8(5-14)7(6)4-13/h1-2,5H,3H2. The van der Waals surface area contributed by atoms with Gasteiger partial charge in [-0.15, -0.1) is 11.6 Å². The van der Waals surface area contributed by atoms with Gasteiger partial charge in [0, 0.05) is 5.56 Å².